The second-order valence-electron chi connectivity index (χ2n) is 3.81. The van der Waals surface area contributed by atoms with Gasteiger partial charge in [0.05, 0.1) is 0 Å². The van der Waals surface area contributed by atoms with Gasteiger partial charge < -0.3 is 10.1 Å². The van der Waals surface area contributed by atoms with E-state index in [4.69, 9.17) is 16.3 Å². The average Bonchev–Trinajstić information content (AvgIpc) is 2.40. The minimum atomic E-state index is -0.521. The summed E-state index contributed by atoms with van der Waals surface area (Å²) in [7, 11) is 0. The highest BCUT2D eigenvalue weighted by Crippen LogP contribution is 2.26. The molecule has 0 aliphatic carbocycles. The van der Waals surface area contributed by atoms with E-state index in [1.165, 1.54) is 12.1 Å². The van der Waals surface area contributed by atoms with Crippen LogP contribution >= 0.6 is 27.5 Å². The number of hydrogen-bond donors (Lipinski definition) is 1. The van der Waals surface area contributed by atoms with Gasteiger partial charge in [-0.15, -0.1) is 0 Å². The molecular formula is C12H11BrClFN4O. The van der Waals surface area contributed by atoms with Gasteiger partial charge in [-0.2, -0.15) is 15.0 Å². The van der Waals surface area contributed by atoms with Crippen molar-refractivity contribution in [2.24, 2.45) is 0 Å². The van der Waals surface area contributed by atoms with Crippen LogP contribution in [0.5, 0.6) is 11.8 Å². The van der Waals surface area contributed by atoms with Gasteiger partial charge in [0.25, 0.3) is 0 Å². The Hall–Kier alpha value is -1.47. The van der Waals surface area contributed by atoms with Crippen LogP contribution in [0.25, 0.3) is 0 Å². The van der Waals surface area contributed by atoms with Crippen LogP contribution in [0.2, 0.25) is 5.28 Å². The number of nitrogens with one attached hydrogen (secondary N) is 1. The van der Waals surface area contributed by atoms with Crippen molar-refractivity contribution < 1.29 is 9.13 Å². The molecule has 0 atom stereocenters. The molecule has 20 heavy (non-hydrogen) atoms. The van der Waals surface area contributed by atoms with Crippen LogP contribution in [0.4, 0.5) is 10.3 Å². The van der Waals surface area contributed by atoms with E-state index in [-0.39, 0.29) is 23.0 Å². The Kier molecular flexibility index (Phi) is 5.08. The van der Waals surface area contributed by atoms with Crippen molar-refractivity contribution in [3.8, 4) is 11.8 Å². The molecule has 1 N–H and O–H groups in total. The summed E-state index contributed by atoms with van der Waals surface area (Å²) in [4.78, 5) is 11.7. The predicted molar refractivity (Wildman–Crippen MR) is 77.8 cm³/mol. The van der Waals surface area contributed by atoms with Crippen LogP contribution in [-0.2, 0) is 0 Å². The zero-order valence-electron chi connectivity index (χ0n) is 10.5. The minimum Gasteiger partial charge on any atom is -0.421 e. The normalized spacial score (nSPS) is 10.4. The van der Waals surface area contributed by atoms with Gasteiger partial charge in [0, 0.05) is 11.0 Å². The van der Waals surface area contributed by atoms with Gasteiger partial charge in [0.15, 0.2) is 11.6 Å². The second kappa shape index (κ2) is 6.81. The molecule has 0 fully saturated rings. The maximum absolute atomic E-state index is 13.6. The number of aromatic nitrogens is 3. The lowest BCUT2D eigenvalue weighted by atomic mass is 10.3. The third-order valence-electron chi connectivity index (χ3n) is 2.22. The number of halogens is 3. The Morgan fingerprint density at radius 3 is 2.90 bits per heavy atom. The van der Waals surface area contributed by atoms with Crippen LogP contribution in [0.3, 0.4) is 0 Å². The Morgan fingerprint density at radius 1 is 1.35 bits per heavy atom. The average molecular weight is 362 g/mol. The van der Waals surface area contributed by atoms with E-state index >= 15 is 0 Å². The maximum atomic E-state index is 13.6. The van der Waals surface area contributed by atoms with E-state index in [2.05, 4.69) is 36.2 Å². The van der Waals surface area contributed by atoms with E-state index < -0.39 is 5.82 Å². The Labute approximate surface area is 128 Å². The van der Waals surface area contributed by atoms with Crippen molar-refractivity contribution in [3.05, 3.63) is 33.8 Å². The molecule has 2 rings (SSSR count). The second-order valence-corrected chi connectivity index (χ2v) is 5.07. The maximum Gasteiger partial charge on any atom is 0.328 e. The van der Waals surface area contributed by atoms with Crippen LogP contribution in [0.15, 0.2) is 22.7 Å². The van der Waals surface area contributed by atoms with E-state index in [0.29, 0.717) is 11.0 Å². The molecule has 1 aromatic carbocycles. The zero-order valence-corrected chi connectivity index (χ0v) is 12.9. The minimum absolute atomic E-state index is 0.00285. The molecule has 5 nitrogen and oxygen atoms in total. The fourth-order valence-electron chi connectivity index (χ4n) is 1.35. The molecule has 0 bridgehead atoms. The highest BCUT2D eigenvalue weighted by atomic mass is 79.9. The van der Waals surface area contributed by atoms with Crippen molar-refractivity contribution in [1.82, 2.24) is 15.0 Å². The fourth-order valence-corrected chi connectivity index (χ4v) is 1.84. The van der Waals surface area contributed by atoms with Crippen molar-refractivity contribution >= 4 is 33.5 Å². The Balaban J connectivity index is 2.24. The number of anilines is 1. The van der Waals surface area contributed by atoms with Crippen LogP contribution in [0.1, 0.15) is 13.3 Å². The third-order valence-corrected chi connectivity index (χ3v) is 2.88. The van der Waals surface area contributed by atoms with Crippen LogP contribution < -0.4 is 10.1 Å². The summed E-state index contributed by atoms with van der Waals surface area (Å²) in [6.07, 6.45) is 0.903. The molecule has 0 radical (unpaired) electrons. The van der Waals surface area contributed by atoms with Crippen LogP contribution in [-0.4, -0.2) is 21.5 Å². The highest BCUT2D eigenvalue weighted by Gasteiger charge is 2.10. The molecule has 0 unspecified atom stereocenters. The first-order chi connectivity index (χ1) is 9.58. The Morgan fingerprint density at radius 2 is 2.15 bits per heavy atom. The fraction of sp³-hybridized carbons (Fsp3) is 0.250. The summed E-state index contributed by atoms with van der Waals surface area (Å²) in [6.45, 7) is 2.69. The number of ether oxygens (including phenoxy) is 1. The summed E-state index contributed by atoms with van der Waals surface area (Å²) >= 11 is 9.02. The molecule has 0 amide bonds. The monoisotopic (exact) mass is 360 g/mol. The molecule has 106 valence electrons. The predicted octanol–water partition coefficient (Wildman–Crippen LogP) is 4.04. The first kappa shape index (κ1) is 14.9. The van der Waals surface area contributed by atoms with Crippen molar-refractivity contribution in [3.63, 3.8) is 0 Å². The molecule has 0 saturated heterocycles. The van der Waals surface area contributed by atoms with Crippen molar-refractivity contribution in [1.29, 1.82) is 0 Å². The van der Waals surface area contributed by atoms with Crippen molar-refractivity contribution in [2.75, 3.05) is 11.9 Å². The van der Waals surface area contributed by atoms with Gasteiger partial charge in [-0.25, -0.2) is 4.39 Å². The van der Waals surface area contributed by atoms with E-state index in [0.717, 1.165) is 6.42 Å². The quantitative estimate of drug-likeness (QED) is 0.871. The van der Waals surface area contributed by atoms with Gasteiger partial charge in [-0.1, -0.05) is 22.9 Å². The number of rotatable bonds is 5. The molecular weight excluding hydrogens is 351 g/mol. The smallest absolute Gasteiger partial charge is 0.328 e. The first-order valence-electron chi connectivity index (χ1n) is 5.87. The summed E-state index contributed by atoms with van der Waals surface area (Å²) in [5, 5.41) is 2.93. The Bertz CT molecular complexity index is 614. The van der Waals surface area contributed by atoms with Gasteiger partial charge >= 0.3 is 6.01 Å². The van der Waals surface area contributed by atoms with Crippen molar-refractivity contribution in [2.45, 2.75) is 13.3 Å². The molecule has 1 heterocycles. The zero-order chi connectivity index (χ0) is 14.5. The molecule has 2 aromatic rings. The lowest BCUT2D eigenvalue weighted by Gasteiger charge is -2.07. The molecule has 0 saturated carbocycles. The van der Waals surface area contributed by atoms with Crippen LogP contribution in [0, 0.1) is 5.82 Å². The lowest BCUT2D eigenvalue weighted by molar-refractivity contribution is 0.409. The molecule has 0 aliphatic heterocycles. The van der Waals surface area contributed by atoms with E-state index in [9.17, 15) is 4.39 Å². The summed E-state index contributed by atoms with van der Waals surface area (Å²) in [5.74, 6) is -0.229. The standard InChI is InChI=1S/C12H11BrClFN4O/c1-2-5-16-11-17-10(14)18-12(19-11)20-9-6-7(13)3-4-8(9)15/h3-4,6H,2,5H2,1H3,(H,16,17,18,19). The number of hydrogen-bond acceptors (Lipinski definition) is 5. The lowest BCUT2D eigenvalue weighted by Crippen LogP contribution is -2.06. The SMILES string of the molecule is CCCNc1nc(Cl)nc(Oc2cc(Br)ccc2F)n1. The molecule has 0 aliphatic rings. The molecule has 1 aromatic heterocycles. The van der Waals surface area contributed by atoms with Gasteiger partial charge in [-0.05, 0) is 36.2 Å². The molecule has 8 heteroatoms. The topological polar surface area (TPSA) is 59.9 Å². The summed E-state index contributed by atoms with van der Waals surface area (Å²) < 4.78 is 19.6. The third kappa shape index (κ3) is 4.01. The number of nitrogens with zero attached hydrogens (tertiary/aromatic N) is 3. The van der Waals surface area contributed by atoms with Gasteiger partial charge in [0.1, 0.15) is 0 Å². The van der Waals surface area contributed by atoms with E-state index in [1.54, 1.807) is 6.07 Å². The summed E-state index contributed by atoms with van der Waals surface area (Å²) in [6, 6.07) is 4.25. The van der Waals surface area contributed by atoms with Gasteiger partial charge in [0.2, 0.25) is 11.2 Å². The molecule has 0 spiro atoms. The largest absolute Gasteiger partial charge is 0.421 e. The first-order valence-corrected chi connectivity index (χ1v) is 7.04. The highest BCUT2D eigenvalue weighted by molar-refractivity contribution is 9.10. The summed E-state index contributed by atoms with van der Waals surface area (Å²) in [5.41, 5.74) is 0. The van der Waals surface area contributed by atoms with Gasteiger partial charge in [-0.3, -0.25) is 0 Å². The van der Waals surface area contributed by atoms with E-state index in [1.807, 2.05) is 6.92 Å². The number of benzene rings is 1.